The molecule has 0 aliphatic heterocycles. The van der Waals surface area contributed by atoms with E-state index in [0.717, 1.165) is 11.1 Å². The summed E-state index contributed by atoms with van der Waals surface area (Å²) in [6, 6.07) is 5.36. The molecule has 82 valence electrons. The first-order valence-electron chi connectivity index (χ1n) is 4.59. The molecule has 0 bridgehead atoms. The molecule has 1 atom stereocenters. The van der Waals surface area contributed by atoms with Crippen LogP contribution < -0.4 is 5.73 Å². The minimum Gasteiger partial charge on any atom is -0.376 e. The Labute approximate surface area is 94.2 Å². The molecule has 4 heteroatoms. The Kier molecular flexibility index (Phi) is 4.12. The van der Waals surface area contributed by atoms with E-state index in [1.807, 2.05) is 13.0 Å². The number of nitrogens with two attached hydrogens (primary N) is 1. The lowest BCUT2D eigenvalue weighted by Gasteiger charge is -2.16. The number of methoxy groups -OCH3 is 1. The molecule has 0 aliphatic carbocycles. The maximum Gasteiger partial charge on any atom is 0.248 e. The molecule has 0 radical (unpaired) electrons. The van der Waals surface area contributed by atoms with Crippen molar-refractivity contribution in [2.45, 2.75) is 13.0 Å². The van der Waals surface area contributed by atoms with E-state index >= 15 is 0 Å². The van der Waals surface area contributed by atoms with Gasteiger partial charge < -0.3 is 10.5 Å². The Bertz CT molecular complexity index is 362. The quantitative estimate of drug-likeness (QED) is 0.801. The molecule has 0 heterocycles. The molecule has 0 saturated heterocycles. The predicted octanol–water partition coefficient (Wildman–Crippen LogP) is 2.02. The molecule has 0 fully saturated rings. The summed E-state index contributed by atoms with van der Waals surface area (Å²) in [6.45, 7) is 1.84. The average Bonchev–Trinajstić information content (AvgIpc) is 2.21. The average molecular weight is 228 g/mol. The van der Waals surface area contributed by atoms with Gasteiger partial charge in [0.25, 0.3) is 0 Å². The maximum absolute atomic E-state index is 11.1. The van der Waals surface area contributed by atoms with Crippen molar-refractivity contribution in [2.24, 2.45) is 5.73 Å². The highest BCUT2D eigenvalue weighted by Crippen LogP contribution is 2.24. The molecule has 15 heavy (non-hydrogen) atoms. The SMILES string of the molecule is COC(CCl)c1cccc(C(N)=O)c1C. The number of ether oxygens (including phenoxy) is 1. The fourth-order valence-corrected chi connectivity index (χ4v) is 1.83. The summed E-state index contributed by atoms with van der Waals surface area (Å²) in [5.41, 5.74) is 7.50. The van der Waals surface area contributed by atoms with Crippen LogP contribution in [0.1, 0.15) is 27.6 Å². The summed E-state index contributed by atoms with van der Waals surface area (Å²) in [5, 5.41) is 0. The van der Waals surface area contributed by atoms with Crippen LogP contribution in [0, 0.1) is 6.92 Å². The normalized spacial score (nSPS) is 12.5. The van der Waals surface area contributed by atoms with Gasteiger partial charge in [0.15, 0.2) is 0 Å². The highest BCUT2D eigenvalue weighted by Gasteiger charge is 2.15. The molecule has 0 aromatic heterocycles. The molecule has 0 spiro atoms. The van der Waals surface area contributed by atoms with Crippen molar-refractivity contribution in [3.8, 4) is 0 Å². The van der Waals surface area contributed by atoms with E-state index in [-0.39, 0.29) is 6.10 Å². The van der Waals surface area contributed by atoms with Gasteiger partial charge in [0.1, 0.15) is 0 Å². The van der Waals surface area contributed by atoms with Crippen LogP contribution in [-0.2, 0) is 4.74 Å². The Morgan fingerprint density at radius 2 is 2.27 bits per heavy atom. The zero-order valence-corrected chi connectivity index (χ0v) is 9.54. The van der Waals surface area contributed by atoms with E-state index in [1.54, 1.807) is 19.2 Å². The summed E-state index contributed by atoms with van der Waals surface area (Å²) in [7, 11) is 1.59. The van der Waals surface area contributed by atoms with Crippen LogP contribution >= 0.6 is 11.6 Å². The molecule has 0 saturated carbocycles. The van der Waals surface area contributed by atoms with Crippen LogP contribution in [0.15, 0.2) is 18.2 Å². The predicted molar refractivity (Wildman–Crippen MR) is 60.2 cm³/mol. The lowest BCUT2D eigenvalue weighted by atomic mass is 9.98. The van der Waals surface area contributed by atoms with Crippen LogP contribution in [0.3, 0.4) is 0 Å². The highest BCUT2D eigenvalue weighted by molar-refractivity contribution is 6.18. The number of alkyl halides is 1. The molecule has 0 aliphatic rings. The van der Waals surface area contributed by atoms with Crippen molar-refractivity contribution in [3.05, 3.63) is 34.9 Å². The number of carbonyl (C=O) groups is 1. The number of carbonyl (C=O) groups excluding carboxylic acids is 1. The second-order valence-electron chi connectivity index (χ2n) is 3.26. The second-order valence-corrected chi connectivity index (χ2v) is 3.57. The van der Waals surface area contributed by atoms with E-state index in [4.69, 9.17) is 22.1 Å². The van der Waals surface area contributed by atoms with E-state index in [1.165, 1.54) is 0 Å². The van der Waals surface area contributed by atoms with Gasteiger partial charge >= 0.3 is 0 Å². The lowest BCUT2D eigenvalue weighted by Crippen LogP contribution is -2.15. The first kappa shape index (κ1) is 12.0. The Morgan fingerprint density at radius 1 is 1.60 bits per heavy atom. The monoisotopic (exact) mass is 227 g/mol. The minimum absolute atomic E-state index is 0.203. The summed E-state index contributed by atoms with van der Waals surface area (Å²) in [6.07, 6.45) is -0.203. The first-order valence-corrected chi connectivity index (χ1v) is 5.13. The summed E-state index contributed by atoms with van der Waals surface area (Å²) in [4.78, 5) is 11.1. The van der Waals surface area contributed by atoms with Crippen molar-refractivity contribution < 1.29 is 9.53 Å². The number of hydrogen-bond acceptors (Lipinski definition) is 2. The van der Waals surface area contributed by atoms with E-state index in [9.17, 15) is 4.79 Å². The third-order valence-corrected chi connectivity index (χ3v) is 2.69. The highest BCUT2D eigenvalue weighted by atomic mass is 35.5. The Morgan fingerprint density at radius 3 is 2.73 bits per heavy atom. The molecule has 1 unspecified atom stereocenters. The fraction of sp³-hybridized carbons (Fsp3) is 0.364. The van der Waals surface area contributed by atoms with Gasteiger partial charge in [-0.3, -0.25) is 4.79 Å². The van der Waals surface area contributed by atoms with E-state index in [0.29, 0.717) is 11.4 Å². The third-order valence-electron chi connectivity index (χ3n) is 2.41. The van der Waals surface area contributed by atoms with Crippen LogP contribution in [0.25, 0.3) is 0 Å². The van der Waals surface area contributed by atoms with Crippen LogP contribution in [0.5, 0.6) is 0 Å². The molecular formula is C11H14ClNO2. The van der Waals surface area contributed by atoms with Crippen LogP contribution in [0.4, 0.5) is 0 Å². The topological polar surface area (TPSA) is 52.3 Å². The Balaban J connectivity index is 3.19. The zero-order chi connectivity index (χ0) is 11.4. The van der Waals surface area contributed by atoms with Gasteiger partial charge in [-0.05, 0) is 24.1 Å². The molecule has 2 N–H and O–H groups in total. The third kappa shape index (κ3) is 2.49. The summed E-state index contributed by atoms with van der Waals surface area (Å²) in [5.74, 6) is -0.0849. The zero-order valence-electron chi connectivity index (χ0n) is 8.79. The standard InChI is InChI=1S/C11H14ClNO2/c1-7-8(10(6-12)15-2)4-3-5-9(7)11(13)14/h3-5,10H,6H2,1-2H3,(H2,13,14). The Hall–Kier alpha value is -1.06. The van der Waals surface area contributed by atoms with Crippen molar-refractivity contribution in [1.29, 1.82) is 0 Å². The smallest absolute Gasteiger partial charge is 0.248 e. The van der Waals surface area contributed by atoms with Gasteiger partial charge in [-0.25, -0.2) is 0 Å². The number of benzene rings is 1. The van der Waals surface area contributed by atoms with Crippen molar-refractivity contribution in [2.75, 3.05) is 13.0 Å². The van der Waals surface area contributed by atoms with Crippen LogP contribution in [-0.4, -0.2) is 18.9 Å². The van der Waals surface area contributed by atoms with Gasteiger partial charge in [0.05, 0.1) is 12.0 Å². The maximum atomic E-state index is 11.1. The molecule has 3 nitrogen and oxygen atoms in total. The first-order chi connectivity index (χ1) is 7.11. The number of rotatable bonds is 4. The van der Waals surface area contributed by atoms with Gasteiger partial charge in [-0.15, -0.1) is 11.6 Å². The molecule has 1 rings (SSSR count). The van der Waals surface area contributed by atoms with E-state index in [2.05, 4.69) is 0 Å². The van der Waals surface area contributed by atoms with Gasteiger partial charge in [-0.2, -0.15) is 0 Å². The number of halogens is 1. The number of primary amides is 1. The van der Waals surface area contributed by atoms with Crippen molar-refractivity contribution in [3.63, 3.8) is 0 Å². The minimum atomic E-state index is -0.432. The largest absolute Gasteiger partial charge is 0.376 e. The van der Waals surface area contributed by atoms with Gasteiger partial charge in [-0.1, -0.05) is 12.1 Å². The van der Waals surface area contributed by atoms with Gasteiger partial charge in [0.2, 0.25) is 5.91 Å². The lowest BCUT2D eigenvalue weighted by molar-refractivity contribution is 0.0998. The van der Waals surface area contributed by atoms with E-state index < -0.39 is 5.91 Å². The van der Waals surface area contributed by atoms with Gasteiger partial charge in [0, 0.05) is 12.7 Å². The second kappa shape index (κ2) is 5.14. The number of amides is 1. The van der Waals surface area contributed by atoms with Crippen molar-refractivity contribution >= 4 is 17.5 Å². The molecule has 1 aromatic carbocycles. The van der Waals surface area contributed by atoms with Crippen molar-refractivity contribution in [1.82, 2.24) is 0 Å². The summed E-state index contributed by atoms with van der Waals surface area (Å²) >= 11 is 5.76. The molecule has 1 amide bonds. The molecule has 1 aromatic rings. The van der Waals surface area contributed by atoms with Crippen LogP contribution in [0.2, 0.25) is 0 Å². The summed E-state index contributed by atoms with van der Waals surface area (Å²) < 4.78 is 5.22. The number of hydrogen-bond donors (Lipinski definition) is 1. The fourth-order valence-electron chi connectivity index (χ4n) is 1.54. The molecular weight excluding hydrogens is 214 g/mol.